The first kappa shape index (κ1) is 36.9. The van der Waals surface area contributed by atoms with Gasteiger partial charge in [0.15, 0.2) is 0 Å². The number of benzene rings is 10. The summed E-state index contributed by atoms with van der Waals surface area (Å²) in [6.45, 7) is 9.50. The predicted molar refractivity (Wildman–Crippen MR) is 269 cm³/mol. The van der Waals surface area contributed by atoms with Gasteiger partial charge in [-0.2, -0.15) is 0 Å². The Morgan fingerprint density at radius 3 is 1.56 bits per heavy atom. The highest BCUT2D eigenvalue weighted by molar-refractivity contribution is 6.16. The summed E-state index contributed by atoms with van der Waals surface area (Å²) in [5.41, 5.74) is 20.1. The third-order valence-electron chi connectivity index (χ3n) is 14.7. The molecule has 0 fully saturated rings. The zero-order valence-electron chi connectivity index (χ0n) is 36.4. The van der Waals surface area contributed by atoms with Gasteiger partial charge >= 0.3 is 0 Å². The minimum atomic E-state index is -0.170. The van der Waals surface area contributed by atoms with Crippen molar-refractivity contribution in [1.29, 1.82) is 0 Å². The van der Waals surface area contributed by atoms with Crippen LogP contribution in [0.3, 0.4) is 0 Å². The molecule has 1 aromatic heterocycles. The van der Waals surface area contributed by atoms with Crippen molar-refractivity contribution in [1.82, 2.24) is 0 Å². The van der Waals surface area contributed by atoms with E-state index >= 15 is 0 Å². The van der Waals surface area contributed by atoms with Crippen LogP contribution in [0.15, 0.2) is 205 Å². The molecule has 0 saturated carbocycles. The maximum absolute atomic E-state index is 6.65. The lowest BCUT2D eigenvalue weighted by atomic mass is 9.82. The summed E-state index contributed by atoms with van der Waals surface area (Å²) in [5, 5.41) is 7.20. The molecule has 11 aromatic rings. The zero-order chi connectivity index (χ0) is 42.9. The van der Waals surface area contributed by atoms with E-state index in [0.717, 1.165) is 50.1 Å². The number of nitrogens with zero attached hydrogens (tertiary/aromatic N) is 1. The lowest BCUT2D eigenvalue weighted by molar-refractivity contribution is 0.660. The quantitative estimate of drug-likeness (QED) is 0.161. The molecule has 0 radical (unpaired) electrons. The second-order valence-electron chi connectivity index (χ2n) is 18.8. The van der Waals surface area contributed by atoms with Gasteiger partial charge in [0, 0.05) is 38.5 Å². The van der Waals surface area contributed by atoms with E-state index in [-0.39, 0.29) is 10.8 Å². The van der Waals surface area contributed by atoms with Crippen molar-refractivity contribution in [2.75, 3.05) is 4.90 Å². The van der Waals surface area contributed by atoms with E-state index in [2.05, 4.69) is 233 Å². The second-order valence-corrected chi connectivity index (χ2v) is 18.8. The third kappa shape index (κ3) is 5.20. The normalized spacial score (nSPS) is 14.2. The van der Waals surface area contributed by atoms with Crippen LogP contribution in [0.2, 0.25) is 0 Å². The number of para-hydroxylation sites is 1. The van der Waals surface area contributed by atoms with E-state index in [9.17, 15) is 0 Å². The lowest BCUT2D eigenvalue weighted by Crippen LogP contribution is -2.18. The van der Waals surface area contributed by atoms with Crippen molar-refractivity contribution in [3.05, 3.63) is 222 Å². The summed E-state index contributed by atoms with van der Waals surface area (Å²) in [7, 11) is 0. The highest BCUT2D eigenvalue weighted by atomic mass is 16.3. The molecule has 0 unspecified atom stereocenters. The maximum Gasteiger partial charge on any atom is 0.136 e. The Kier molecular flexibility index (Phi) is 7.74. The predicted octanol–water partition coefficient (Wildman–Crippen LogP) is 17.3. The number of anilines is 3. The van der Waals surface area contributed by atoms with Crippen LogP contribution in [-0.2, 0) is 10.8 Å². The fourth-order valence-corrected chi connectivity index (χ4v) is 11.5. The first-order chi connectivity index (χ1) is 31.3. The molecule has 0 aliphatic heterocycles. The summed E-state index contributed by atoms with van der Waals surface area (Å²) < 4.78 is 6.65. The fourth-order valence-electron chi connectivity index (χ4n) is 11.5. The summed E-state index contributed by atoms with van der Waals surface area (Å²) in [4.78, 5) is 2.53. The summed E-state index contributed by atoms with van der Waals surface area (Å²) in [6, 6.07) is 74.4. The number of furan rings is 1. The molecular weight excluding hydrogens is 775 g/mol. The minimum Gasteiger partial charge on any atom is -0.456 e. The van der Waals surface area contributed by atoms with Crippen LogP contribution in [0, 0.1) is 0 Å². The molecule has 10 aromatic carbocycles. The Bertz CT molecular complexity index is 3640. The molecule has 304 valence electrons. The highest BCUT2D eigenvalue weighted by Crippen LogP contribution is 2.55. The Morgan fingerprint density at radius 2 is 0.875 bits per heavy atom. The van der Waals surface area contributed by atoms with Gasteiger partial charge in [-0.1, -0.05) is 173 Å². The molecule has 2 nitrogen and oxygen atoms in total. The first-order valence-electron chi connectivity index (χ1n) is 22.5. The Hall–Kier alpha value is -7.68. The molecule has 1 heterocycles. The summed E-state index contributed by atoms with van der Waals surface area (Å²) in [5.74, 6) is 0. The molecule has 2 aliphatic rings. The Labute approximate surface area is 373 Å². The average Bonchev–Trinajstić information content (AvgIpc) is 3.90. The topological polar surface area (TPSA) is 16.4 Å². The van der Waals surface area contributed by atoms with Gasteiger partial charge in [0.25, 0.3) is 0 Å². The van der Waals surface area contributed by atoms with E-state index < -0.39 is 0 Å². The number of hydrogen-bond acceptors (Lipinski definition) is 2. The number of fused-ring (bicyclic) bond motifs is 12. The van der Waals surface area contributed by atoms with Crippen LogP contribution in [0.5, 0.6) is 0 Å². The second kappa shape index (κ2) is 13.4. The van der Waals surface area contributed by atoms with E-state index in [1.165, 1.54) is 77.2 Å². The number of hydrogen-bond donors (Lipinski definition) is 0. The van der Waals surface area contributed by atoms with E-state index in [1.807, 2.05) is 0 Å². The Morgan fingerprint density at radius 1 is 0.344 bits per heavy atom. The molecule has 0 atom stereocenters. The average molecular weight is 820 g/mol. The van der Waals surface area contributed by atoms with Crippen LogP contribution in [0.25, 0.3) is 88.0 Å². The SMILES string of the molecule is CC1(C)c2ccccc2-c2ccc(N(c3ccc4c(c3)C(C)(C)c3ccccc3-4)c3cccc(-c4cc5ccccc5c5ccccc45)c3-c3ccc4c(c3)oc3ccccc34)cc21. The highest BCUT2D eigenvalue weighted by Gasteiger charge is 2.38. The molecule has 0 bridgehead atoms. The van der Waals surface area contributed by atoms with Crippen molar-refractivity contribution in [2.24, 2.45) is 0 Å². The van der Waals surface area contributed by atoms with Crippen LogP contribution in [-0.4, -0.2) is 0 Å². The van der Waals surface area contributed by atoms with Gasteiger partial charge in [-0.05, 0) is 137 Å². The van der Waals surface area contributed by atoms with Crippen molar-refractivity contribution in [3.8, 4) is 44.5 Å². The zero-order valence-corrected chi connectivity index (χ0v) is 36.4. The van der Waals surface area contributed by atoms with Crippen molar-refractivity contribution in [2.45, 2.75) is 38.5 Å². The molecule has 0 amide bonds. The van der Waals surface area contributed by atoms with Gasteiger partial charge < -0.3 is 9.32 Å². The smallest absolute Gasteiger partial charge is 0.136 e. The van der Waals surface area contributed by atoms with Gasteiger partial charge in [0.1, 0.15) is 11.2 Å². The van der Waals surface area contributed by atoms with Gasteiger partial charge in [-0.15, -0.1) is 0 Å². The third-order valence-corrected chi connectivity index (χ3v) is 14.7. The molecule has 0 spiro atoms. The number of rotatable bonds is 5. The summed E-state index contributed by atoms with van der Waals surface area (Å²) in [6.07, 6.45) is 0. The molecule has 13 rings (SSSR count). The molecule has 64 heavy (non-hydrogen) atoms. The largest absolute Gasteiger partial charge is 0.456 e. The molecule has 0 N–H and O–H groups in total. The fraction of sp³-hybridized carbons (Fsp3) is 0.0968. The van der Waals surface area contributed by atoms with Gasteiger partial charge in [-0.3, -0.25) is 0 Å². The minimum absolute atomic E-state index is 0.170. The van der Waals surface area contributed by atoms with E-state index in [4.69, 9.17) is 4.42 Å². The van der Waals surface area contributed by atoms with Crippen LogP contribution >= 0.6 is 0 Å². The standard InChI is InChI=1S/C62H45NO/c1-61(2)53-24-12-9-20-45(53)47-32-29-40(36-55(47)61)63(41-30-33-48-46-21-10-13-25-54(46)62(3,4)56(48)37-41)57-26-15-23-51(52-34-38-16-5-6-17-42(38)43-18-7-8-19-44(43)52)60(57)39-28-31-50-49-22-11-14-27-58(49)64-59(50)35-39/h5-37H,1-4H3. The van der Waals surface area contributed by atoms with Crippen LogP contribution < -0.4 is 4.90 Å². The van der Waals surface area contributed by atoms with Crippen LogP contribution in [0.4, 0.5) is 17.1 Å². The van der Waals surface area contributed by atoms with Crippen molar-refractivity contribution in [3.63, 3.8) is 0 Å². The lowest BCUT2D eigenvalue weighted by Gasteiger charge is -2.32. The van der Waals surface area contributed by atoms with Crippen molar-refractivity contribution < 1.29 is 4.42 Å². The monoisotopic (exact) mass is 819 g/mol. The van der Waals surface area contributed by atoms with Gasteiger partial charge in [-0.25, -0.2) is 0 Å². The van der Waals surface area contributed by atoms with E-state index in [1.54, 1.807) is 0 Å². The van der Waals surface area contributed by atoms with Crippen molar-refractivity contribution >= 4 is 60.5 Å². The van der Waals surface area contributed by atoms with Crippen LogP contribution in [0.1, 0.15) is 49.9 Å². The molecule has 2 aliphatic carbocycles. The van der Waals surface area contributed by atoms with Gasteiger partial charge in [0.05, 0.1) is 5.69 Å². The maximum atomic E-state index is 6.65. The Balaban J connectivity index is 1.13. The molecule has 0 saturated heterocycles. The summed E-state index contributed by atoms with van der Waals surface area (Å²) >= 11 is 0. The van der Waals surface area contributed by atoms with E-state index in [0.29, 0.717) is 0 Å². The first-order valence-corrected chi connectivity index (χ1v) is 22.5. The van der Waals surface area contributed by atoms with Gasteiger partial charge in [0.2, 0.25) is 0 Å². The molecular formula is C62H45NO. The molecule has 2 heteroatoms.